The highest BCUT2D eigenvalue weighted by molar-refractivity contribution is 7.09. The summed E-state index contributed by atoms with van der Waals surface area (Å²) >= 11 is 1.13. The van der Waals surface area contributed by atoms with Crippen LogP contribution in [-0.4, -0.2) is 10.8 Å². The van der Waals surface area contributed by atoms with Crippen LogP contribution in [0.1, 0.15) is 16.1 Å². The number of halogens is 1. The zero-order valence-corrected chi connectivity index (χ0v) is 13.9. The number of anilines is 1. The lowest BCUT2D eigenvalue weighted by Gasteiger charge is -2.33. The molecule has 1 aromatic carbocycles. The van der Waals surface area contributed by atoms with Gasteiger partial charge in [-0.2, -0.15) is 0 Å². The Bertz CT molecular complexity index is 867. The number of allylic oxidation sites excluding steroid dienone is 1. The number of nitrogens with one attached hydrogen (secondary N) is 2. The zero-order valence-electron chi connectivity index (χ0n) is 13.1. The molecule has 0 radical (unpaired) electrons. The molecule has 0 saturated heterocycles. The van der Waals surface area contributed by atoms with Gasteiger partial charge in [-0.25, -0.2) is 9.38 Å². The minimum Gasteiger partial charge on any atom is -0.346 e. The minimum absolute atomic E-state index is 0.0551. The van der Waals surface area contributed by atoms with Crippen LogP contribution in [0.4, 0.5) is 10.1 Å². The highest BCUT2D eigenvalue weighted by Gasteiger charge is 2.36. The van der Waals surface area contributed by atoms with E-state index in [9.17, 15) is 9.18 Å². The standard InChI is InChI=1S/C16H17FN4OS/c1-10-9-12(5-6-13(10)17)20-16(18-7-4-8-19-16)14-11(2)21(3)15(22)23-14/h4-9,18,20H,1-3H3. The molecule has 1 atom stereocenters. The van der Waals surface area contributed by atoms with Crippen molar-refractivity contribution in [1.82, 2.24) is 9.88 Å². The van der Waals surface area contributed by atoms with Crippen molar-refractivity contribution in [3.63, 3.8) is 0 Å². The molecule has 0 bridgehead atoms. The second-order valence-electron chi connectivity index (χ2n) is 5.42. The average Bonchev–Trinajstić information content (AvgIpc) is 2.80. The Morgan fingerprint density at radius 2 is 2.17 bits per heavy atom. The molecule has 3 rings (SSSR count). The summed E-state index contributed by atoms with van der Waals surface area (Å²) in [6.45, 7) is 3.58. The fourth-order valence-corrected chi connectivity index (χ4v) is 3.48. The van der Waals surface area contributed by atoms with Gasteiger partial charge in [0.05, 0.1) is 4.88 Å². The molecule has 0 amide bonds. The first kappa shape index (κ1) is 15.5. The Balaban J connectivity index is 2.08. The molecule has 2 aromatic rings. The van der Waals surface area contributed by atoms with Crippen LogP contribution < -0.4 is 15.5 Å². The lowest BCUT2D eigenvalue weighted by molar-refractivity contribution is 0.460. The van der Waals surface area contributed by atoms with Crippen molar-refractivity contribution < 1.29 is 4.39 Å². The SMILES string of the molecule is Cc1cc(NC2(c3sc(=O)n(C)c3C)N=CC=CN2)ccc1F. The fourth-order valence-electron chi connectivity index (χ4n) is 2.44. The maximum Gasteiger partial charge on any atom is 0.307 e. The van der Waals surface area contributed by atoms with E-state index in [1.807, 2.05) is 6.92 Å². The first-order valence-electron chi connectivity index (χ1n) is 7.12. The molecular weight excluding hydrogens is 315 g/mol. The quantitative estimate of drug-likeness (QED) is 0.908. The van der Waals surface area contributed by atoms with Crippen molar-refractivity contribution in [3.05, 3.63) is 62.1 Å². The van der Waals surface area contributed by atoms with Crippen LogP contribution in [0.2, 0.25) is 0 Å². The number of hydrogen-bond acceptors (Lipinski definition) is 5. The predicted molar refractivity (Wildman–Crippen MR) is 91.5 cm³/mol. The van der Waals surface area contributed by atoms with Gasteiger partial charge in [0.15, 0.2) is 0 Å². The molecule has 1 aromatic heterocycles. The first-order valence-corrected chi connectivity index (χ1v) is 7.94. The van der Waals surface area contributed by atoms with Crippen LogP contribution in [0.25, 0.3) is 0 Å². The van der Waals surface area contributed by atoms with Crippen LogP contribution in [0.15, 0.2) is 40.3 Å². The van der Waals surface area contributed by atoms with Crippen LogP contribution in [0.3, 0.4) is 0 Å². The second kappa shape index (κ2) is 5.66. The van der Waals surface area contributed by atoms with Gasteiger partial charge in [-0.05, 0) is 43.7 Å². The van der Waals surface area contributed by atoms with E-state index in [1.165, 1.54) is 6.07 Å². The second-order valence-corrected chi connectivity index (χ2v) is 6.38. The van der Waals surface area contributed by atoms with Gasteiger partial charge in [-0.1, -0.05) is 11.3 Å². The molecule has 120 valence electrons. The normalized spacial score (nSPS) is 19.7. The van der Waals surface area contributed by atoms with Gasteiger partial charge in [-0.3, -0.25) is 4.79 Å². The van der Waals surface area contributed by atoms with Gasteiger partial charge in [0.25, 0.3) is 0 Å². The summed E-state index contributed by atoms with van der Waals surface area (Å²) in [7, 11) is 1.73. The molecule has 0 aliphatic carbocycles. The highest BCUT2D eigenvalue weighted by Crippen LogP contribution is 2.31. The molecule has 23 heavy (non-hydrogen) atoms. The third-order valence-corrected chi connectivity index (χ3v) is 5.09. The molecule has 0 spiro atoms. The third kappa shape index (κ3) is 2.68. The number of nitrogens with zero attached hydrogens (tertiary/aromatic N) is 2. The van der Waals surface area contributed by atoms with Crippen molar-refractivity contribution in [2.75, 3.05) is 5.32 Å². The van der Waals surface area contributed by atoms with Gasteiger partial charge >= 0.3 is 4.87 Å². The third-order valence-electron chi connectivity index (χ3n) is 3.85. The number of benzene rings is 1. The van der Waals surface area contributed by atoms with E-state index in [2.05, 4.69) is 15.6 Å². The smallest absolute Gasteiger partial charge is 0.307 e. The summed E-state index contributed by atoms with van der Waals surface area (Å²) in [5.41, 5.74) is 2.08. The van der Waals surface area contributed by atoms with Crippen LogP contribution in [-0.2, 0) is 12.8 Å². The van der Waals surface area contributed by atoms with Gasteiger partial charge in [0, 0.05) is 30.8 Å². The van der Waals surface area contributed by atoms with E-state index in [0.717, 1.165) is 21.9 Å². The Hall–Kier alpha value is -2.41. The maximum atomic E-state index is 13.5. The van der Waals surface area contributed by atoms with E-state index in [-0.39, 0.29) is 10.7 Å². The van der Waals surface area contributed by atoms with Crippen molar-refractivity contribution in [1.29, 1.82) is 0 Å². The van der Waals surface area contributed by atoms with E-state index < -0.39 is 5.79 Å². The minimum atomic E-state index is -0.978. The number of aliphatic imine (C=N–C) groups is 1. The molecule has 5 nitrogen and oxygen atoms in total. The summed E-state index contributed by atoms with van der Waals surface area (Å²) < 4.78 is 15.1. The van der Waals surface area contributed by atoms with E-state index in [1.54, 1.807) is 49.2 Å². The van der Waals surface area contributed by atoms with Crippen LogP contribution in [0.5, 0.6) is 0 Å². The van der Waals surface area contributed by atoms with Crippen LogP contribution in [0, 0.1) is 19.7 Å². The van der Waals surface area contributed by atoms with E-state index in [4.69, 9.17) is 0 Å². The van der Waals surface area contributed by atoms with Gasteiger partial charge < -0.3 is 15.2 Å². The topological polar surface area (TPSA) is 58.4 Å². The molecule has 0 saturated carbocycles. The highest BCUT2D eigenvalue weighted by atomic mass is 32.1. The van der Waals surface area contributed by atoms with Gasteiger partial charge in [-0.15, -0.1) is 0 Å². The molecule has 2 heterocycles. The van der Waals surface area contributed by atoms with E-state index in [0.29, 0.717) is 11.3 Å². The number of aryl methyl sites for hydroxylation is 1. The summed E-state index contributed by atoms with van der Waals surface area (Å²) in [6, 6.07) is 4.78. The van der Waals surface area contributed by atoms with E-state index >= 15 is 0 Å². The number of aromatic nitrogens is 1. The average molecular weight is 332 g/mol. The van der Waals surface area contributed by atoms with Gasteiger partial charge in [0.1, 0.15) is 5.82 Å². The van der Waals surface area contributed by atoms with Crippen LogP contribution >= 0.6 is 11.3 Å². The molecule has 1 unspecified atom stereocenters. The summed E-state index contributed by atoms with van der Waals surface area (Å²) in [4.78, 5) is 17.2. The maximum absolute atomic E-state index is 13.5. The number of thiazole rings is 1. The van der Waals surface area contributed by atoms with Crippen molar-refractivity contribution >= 4 is 23.2 Å². The summed E-state index contributed by atoms with van der Waals surface area (Å²) in [5.74, 6) is -1.24. The molecule has 0 fully saturated rings. The monoisotopic (exact) mass is 332 g/mol. The Labute approximate surface area is 137 Å². The first-order chi connectivity index (χ1) is 10.9. The fraction of sp³-hybridized carbons (Fsp3) is 0.250. The molecule has 2 N–H and O–H groups in total. The lowest BCUT2D eigenvalue weighted by atomic mass is 10.1. The summed E-state index contributed by atoms with van der Waals surface area (Å²) in [6.07, 6.45) is 5.21. The largest absolute Gasteiger partial charge is 0.346 e. The summed E-state index contributed by atoms with van der Waals surface area (Å²) in [5, 5.41) is 6.48. The molecule has 7 heteroatoms. The molecule has 1 aliphatic rings. The van der Waals surface area contributed by atoms with Crippen molar-refractivity contribution in [3.8, 4) is 0 Å². The number of rotatable bonds is 3. The lowest BCUT2D eigenvalue weighted by Crippen LogP contribution is -2.46. The molecule has 1 aliphatic heterocycles. The number of hydrogen-bond donors (Lipinski definition) is 2. The predicted octanol–water partition coefficient (Wildman–Crippen LogP) is 2.61. The van der Waals surface area contributed by atoms with Crippen molar-refractivity contribution in [2.24, 2.45) is 12.0 Å². The van der Waals surface area contributed by atoms with Crippen molar-refractivity contribution in [2.45, 2.75) is 19.6 Å². The zero-order chi connectivity index (χ0) is 16.6. The van der Waals surface area contributed by atoms with Gasteiger partial charge in [0.2, 0.25) is 5.79 Å². The Morgan fingerprint density at radius 3 is 2.74 bits per heavy atom. The Morgan fingerprint density at radius 1 is 1.39 bits per heavy atom. The Kier molecular flexibility index (Phi) is 3.81. The molecular formula is C16H17FN4OS.